The molecule has 3 fully saturated rings. The molecule has 3 atom stereocenters. The molecule has 3 N–H and O–H groups in total. The van der Waals surface area contributed by atoms with E-state index in [9.17, 15) is 41.5 Å². The minimum Gasteiger partial charge on any atom is -0.479 e. The number of ether oxygens (including phenoxy) is 1. The van der Waals surface area contributed by atoms with Gasteiger partial charge in [-0.25, -0.2) is 8.78 Å². The molecule has 254 valence electrons. The first-order valence-corrected chi connectivity index (χ1v) is 16.0. The summed E-state index contributed by atoms with van der Waals surface area (Å²) in [4.78, 5) is 66.9. The highest BCUT2D eigenvalue weighted by Gasteiger charge is 2.36. The fourth-order valence-electron chi connectivity index (χ4n) is 6.40. The monoisotopic (exact) mass is 654 g/mol. The Morgan fingerprint density at radius 3 is 2.11 bits per heavy atom. The molecule has 1 aromatic rings. The molecule has 2 heterocycles. The molecule has 46 heavy (non-hydrogen) atoms. The number of ketones is 1. The number of carbonyl (C=O) groups excluding carboxylic acids is 5. The second-order valence-electron chi connectivity index (χ2n) is 12.9. The van der Waals surface area contributed by atoms with Crippen molar-refractivity contribution in [2.24, 2.45) is 23.7 Å². The van der Waals surface area contributed by atoms with Crippen LogP contribution >= 0.6 is 0 Å². The van der Waals surface area contributed by atoms with Crippen molar-refractivity contribution in [1.29, 1.82) is 0 Å². The van der Waals surface area contributed by atoms with Crippen molar-refractivity contribution < 1.29 is 46.3 Å². The van der Waals surface area contributed by atoms with Crippen LogP contribution in [0.25, 0.3) is 0 Å². The van der Waals surface area contributed by atoms with Gasteiger partial charge in [-0.2, -0.15) is 8.78 Å². The van der Waals surface area contributed by atoms with Crippen LogP contribution in [0.3, 0.4) is 0 Å². The molecule has 14 heteroatoms. The zero-order valence-corrected chi connectivity index (χ0v) is 26.1. The number of piperidine rings is 1. The predicted molar refractivity (Wildman–Crippen MR) is 157 cm³/mol. The highest BCUT2D eigenvalue weighted by Crippen LogP contribution is 2.29. The summed E-state index contributed by atoms with van der Waals surface area (Å²) in [7, 11) is 0. The normalized spacial score (nSPS) is 20.4. The average Bonchev–Trinajstić information content (AvgIpc) is 3.71. The number of carbonyl (C=O) groups is 5. The Morgan fingerprint density at radius 2 is 1.54 bits per heavy atom. The van der Waals surface area contributed by atoms with E-state index in [1.165, 1.54) is 0 Å². The summed E-state index contributed by atoms with van der Waals surface area (Å²) in [6, 6.07) is -2.42. The fraction of sp³-hybridized carbons (Fsp3) is 0.656. The van der Waals surface area contributed by atoms with E-state index in [0.29, 0.717) is 38.9 Å². The van der Waals surface area contributed by atoms with E-state index in [1.54, 1.807) is 0 Å². The molecule has 10 nitrogen and oxygen atoms in total. The summed E-state index contributed by atoms with van der Waals surface area (Å²) >= 11 is 0. The Bertz CT molecular complexity index is 1290. The third kappa shape index (κ3) is 8.75. The molecular weight excluding hydrogens is 612 g/mol. The number of likely N-dealkylation sites (tertiary alicyclic amines) is 1. The molecular formula is C32H42F4N4O6. The standard InChI is InChI=1S/C32H42F4N4O6/c1-17(2)13-24(39-30(43)18-8-11-40(12-9-18)32(45)19-5-3-4-6-19)31(44)38-23(14-20-7-10-37-29(20)42)25(41)16-46-28-26(35)21(33)15-22(34)27(28)36/h15,17-20,23-24H,3-14,16H2,1-2H3,(H,37,42)(H,38,44)(H,39,43). The number of nitrogens with zero attached hydrogens (tertiary/aromatic N) is 1. The number of amides is 4. The number of nitrogens with one attached hydrogen (secondary N) is 3. The molecule has 4 amide bonds. The van der Waals surface area contributed by atoms with E-state index in [4.69, 9.17) is 4.74 Å². The lowest BCUT2D eigenvalue weighted by molar-refractivity contribution is -0.139. The third-order valence-electron chi connectivity index (χ3n) is 9.04. The Labute approximate surface area is 265 Å². The summed E-state index contributed by atoms with van der Waals surface area (Å²) < 4.78 is 60.4. The highest BCUT2D eigenvalue weighted by molar-refractivity contribution is 5.94. The van der Waals surface area contributed by atoms with Gasteiger partial charge in [0.1, 0.15) is 12.6 Å². The Hall–Kier alpha value is -3.71. The largest absolute Gasteiger partial charge is 0.479 e. The van der Waals surface area contributed by atoms with Gasteiger partial charge in [-0.05, 0) is 50.9 Å². The van der Waals surface area contributed by atoms with Crippen molar-refractivity contribution in [1.82, 2.24) is 20.9 Å². The van der Waals surface area contributed by atoms with Gasteiger partial charge in [0.25, 0.3) is 0 Å². The molecule has 0 bridgehead atoms. The van der Waals surface area contributed by atoms with E-state index in [1.807, 2.05) is 18.7 Å². The van der Waals surface area contributed by atoms with Gasteiger partial charge in [0, 0.05) is 43.5 Å². The van der Waals surface area contributed by atoms with Gasteiger partial charge in [-0.1, -0.05) is 26.7 Å². The van der Waals surface area contributed by atoms with E-state index >= 15 is 0 Å². The van der Waals surface area contributed by atoms with Gasteiger partial charge in [0.2, 0.25) is 35.3 Å². The first-order valence-electron chi connectivity index (χ1n) is 16.0. The zero-order chi connectivity index (χ0) is 33.5. The Kier molecular flexibility index (Phi) is 12.0. The van der Waals surface area contributed by atoms with Crippen LogP contribution in [-0.2, 0) is 24.0 Å². The topological polar surface area (TPSA) is 134 Å². The summed E-state index contributed by atoms with van der Waals surface area (Å²) in [5.74, 6) is -11.7. The van der Waals surface area contributed by atoms with Gasteiger partial charge < -0.3 is 25.6 Å². The summed E-state index contributed by atoms with van der Waals surface area (Å²) in [5, 5.41) is 7.99. The van der Waals surface area contributed by atoms with Crippen molar-refractivity contribution in [2.75, 3.05) is 26.2 Å². The van der Waals surface area contributed by atoms with Crippen LogP contribution in [0.1, 0.15) is 71.6 Å². The molecule has 2 saturated heterocycles. The van der Waals surface area contributed by atoms with Crippen molar-refractivity contribution in [3.8, 4) is 5.75 Å². The summed E-state index contributed by atoms with van der Waals surface area (Å²) in [6.45, 7) is 3.89. The van der Waals surface area contributed by atoms with Crippen LogP contribution in [0.2, 0.25) is 0 Å². The van der Waals surface area contributed by atoms with Crippen molar-refractivity contribution >= 4 is 29.4 Å². The lowest BCUT2D eigenvalue weighted by Gasteiger charge is -2.34. The van der Waals surface area contributed by atoms with Crippen LogP contribution in [-0.4, -0.2) is 72.6 Å². The van der Waals surface area contributed by atoms with Crippen LogP contribution in [0.15, 0.2) is 6.07 Å². The lowest BCUT2D eigenvalue weighted by Crippen LogP contribution is -2.54. The van der Waals surface area contributed by atoms with Gasteiger partial charge in [-0.15, -0.1) is 0 Å². The van der Waals surface area contributed by atoms with Crippen LogP contribution in [0, 0.1) is 46.9 Å². The van der Waals surface area contributed by atoms with Crippen molar-refractivity contribution in [2.45, 2.75) is 83.7 Å². The van der Waals surface area contributed by atoms with Crippen LogP contribution < -0.4 is 20.7 Å². The molecule has 1 aromatic carbocycles. The number of rotatable bonds is 13. The maximum atomic E-state index is 14.1. The summed E-state index contributed by atoms with van der Waals surface area (Å²) in [5.41, 5.74) is 0. The maximum Gasteiger partial charge on any atom is 0.243 e. The lowest BCUT2D eigenvalue weighted by atomic mass is 9.93. The van der Waals surface area contributed by atoms with E-state index in [0.717, 1.165) is 25.7 Å². The molecule has 0 spiro atoms. The number of hydrogen-bond acceptors (Lipinski definition) is 6. The summed E-state index contributed by atoms with van der Waals surface area (Å²) in [6.07, 6.45) is 5.19. The van der Waals surface area contributed by atoms with Gasteiger partial charge in [0.15, 0.2) is 23.2 Å². The smallest absolute Gasteiger partial charge is 0.243 e. The first-order chi connectivity index (χ1) is 21.8. The van der Waals surface area contributed by atoms with Gasteiger partial charge >= 0.3 is 0 Å². The number of benzene rings is 1. The quantitative estimate of drug-likeness (QED) is 0.221. The minimum absolute atomic E-state index is 0.00353. The average molecular weight is 655 g/mol. The Balaban J connectivity index is 1.41. The molecule has 3 aliphatic rings. The second-order valence-corrected chi connectivity index (χ2v) is 12.9. The zero-order valence-electron chi connectivity index (χ0n) is 26.1. The van der Waals surface area contributed by atoms with Crippen molar-refractivity contribution in [3.63, 3.8) is 0 Å². The number of hydrogen-bond donors (Lipinski definition) is 3. The van der Waals surface area contributed by atoms with E-state index in [-0.39, 0.29) is 48.5 Å². The van der Waals surface area contributed by atoms with Crippen molar-refractivity contribution in [3.05, 3.63) is 29.3 Å². The first kappa shape index (κ1) is 35.1. The molecule has 0 aromatic heterocycles. The van der Waals surface area contributed by atoms with Crippen LogP contribution in [0.5, 0.6) is 5.75 Å². The maximum absolute atomic E-state index is 14.1. The SMILES string of the molecule is CC(C)CC(NC(=O)C1CCN(C(=O)C2CCCC2)CC1)C(=O)NC(CC1CCNC1=O)C(=O)COc1c(F)c(F)cc(F)c1F. The van der Waals surface area contributed by atoms with Gasteiger partial charge in [-0.3, -0.25) is 24.0 Å². The molecule has 1 saturated carbocycles. The Morgan fingerprint density at radius 1 is 0.913 bits per heavy atom. The third-order valence-corrected chi connectivity index (χ3v) is 9.04. The van der Waals surface area contributed by atoms with Crippen LogP contribution in [0.4, 0.5) is 17.6 Å². The minimum atomic E-state index is -1.82. The second kappa shape index (κ2) is 15.7. The van der Waals surface area contributed by atoms with E-state index in [2.05, 4.69) is 16.0 Å². The number of Topliss-reactive ketones (excluding diaryl/α,β-unsaturated/α-hetero) is 1. The molecule has 3 unspecified atom stereocenters. The fourth-order valence-corrected chi connectivity index (χ4v) is 6.40. The highest BCUT2D eigenvalue weighted by atomic mass is 19.2. The molecule has 1 aliphatic carbocycles. The molecule has 2 aliphatic heterocycles. The van der Waals surface area contributed by atoms with E-state index < -0.39 is 71.2 Å². The van der Waals surface area contributed by atoms with Gasteiger partial charge in [0.05, 0.1) is 6.04 Å². The molecule has 0 radical (unpaired) electrons. The predicted octanol–water partition coefficient (Wildman–Crippen LogP) is 3.16. The number of halogens is 4. The molecule has 4 rings (SSSR count).